The number of aryl methyl sites for hydroxylation is 1. The van der Waals surface area contributed by atoms with Crippen molar-refractivity contribution >= 4 is 17.2 Å². The normalized spacial score (nSPS) is 19.6. The van der Waals surface area contributed by atoms with E-state index >= 15 is 0 Å². The number of hydrogen-bond acceptors (Lipinski definition) is 6. The Hall–Kier alpha value is -1.76. The maximum atomic E-state index is 12.2. The van der Waals surface area contributed by atoms with Gasteiger partial charge in [0, 0.05) is 18.5 Å². The largest absolute Gasteiger partial charge is 0.339 e. The van der Waals surface area contributed by atoms with Gasteiger partial charge in [0.05, 0.1) is 11.4 Å². The van der Waals surface area contributed by atoms with Crippen LogP contribution in [0, 0.1) is 6.92 Å². The average molecular weight is 278 g/mol. The van der Waals surface area contributed by atoms with Gasteiger partial charge in [0.15, 0.2) is 5.82 Å². The lowest BCUT2D eigenvalue weighted by atomic mass is 9.98. The van der Waals surface area contributed by atoms with E-state index in [-0.39, 0.29) is 11.8 Å². The van der Waals surface area contributed by atoms with Crippen molar-refractivity contribution in [2.24, 2.45) is 0 Å². The zero-order valence-corrected chi connectivity index (χ0v) is 11.4. The summed E-state index contributed by atoms with van der Waals surface area (Å²) in [4.78, 5) is 22.4. The number of hydrogen-bond donors (Lipinski definition) is 0. The van der Waals surface area contributed by atoms with Crippen LogP contribution < -0.4 is 0 Å². The Bertz CT molecular complexity index is 566. The van der Waals surface area contributed by atoms with Crippen molar-refractivity contribution in [3.05, 3.63) is 28.3 Å². The third-order valence-corrected chi connectivity index (χ3v) is 3.84. The number of carbonyl (C=O) groups is 1. The minimum atomic E-state index is -0.0119. The van der Waals surface area contributed by atoms with Gasteiger partial charge in [-0.25, -0.2) is 4.98 Å². The van der Waals surface area contributed by atoms with Crippen LogP contribution in [-0.4, -0.2) is 39.0 Å². The molecule has 0 bridgehead atoms. The number of likely N-dealkylation sites (tertiary alicyclic amines) is 1. The zero-order valence-electron chi connectivity index (χ0n) is 10.6. The maximum absolute atomic E-state index is 12.2. The highest BCUT2D eigenvalue weighted by Crippen LogP contribution is 2.26. The van der Waals surface area contributed by atoms with Crippen LogP contribution in [0.5, 0.6) is 0 Å². The summed E-state index contributed by atoms with van der Waals surface area (Å²) in [6, 6.07) is 0. The van der Waals surface area contributed by atoms with Crippen LogP contribution in [0.3, 0.4) is 0 Å². The van der Waals surface area contributed by atoms with Crippen LogP contribution in [0.2, 0.25) is 0 Å². The molecule has 0 N–H and O–H groups in total. The first kappa shape index (κ1) is 12.3. The molecule has 1 aliphatic heterocycles. The van der Waals surface area contributed by atoms with Gasteiger partial charge in [-0.05, 0) is 19.8 Å². The van der Waals surface area contributed by atoms with Gasteiger partial charge in [-0.2, -0.15) is 4.98 Å². The fraction of sp³-hybridized carbons (Fsp3) is 0.500. The number of carbonyl (C=O) groups excluding carboxylic acids is 1. The number of rotatable bonds is 2. The summed E-state index contributed by atoms with van der Waals surface area (Å²) in [5.41, 5.74) is 2.20. The van der Waals surface area contributed by atoms with Crippen molar-refractivity contribution < 1.29 is 9.32 Å². The Kier molecular flexibility index (Phi) is 3.29. The van der Waals surface area contributed by atoms with Crippen molar-refractivity contribution in [2.45, 2.75) is 25.7 Å². The first-order valence-corrected chi connectivity index (χ1v) is 7.16. The molecule has 0 aliphatic carbocycles. The molecule has 19 heavy (non-hydrogen) atoms. The zero-order chi connectivity index (χ0) is 13.2. The highest BCUT2D eigenvalue weighted by Gasteiger charge is 2.29. The SMILES string of the molecule is Cc1noc([C@@H]2CCCN(C(=O)c3cscn3)C2)n1. The predicted octanol–water partition coefficient (Wildman–Crippen LogP) is 1.85. The van der Waals surface area contributed by atoms with E-state index in [1.807, 2.05) is 4.90 Å². The molecule has 2 aromatic heterocycles. The molecule has 0 spiro atoms. The number of nitrogens with zero attached hydrogens (tertiary/aromatic N) is 4. The highest BCUT2D eigenvalue weighted by molar-refractivity contribution is 7.07. The fourth-order valence-electron chi connectivity index (χ4n) is 2.32. The molecule has 1 amide bonds. The Morgan fingerprint density at radius 3 is 3.16 bits per heavy atom. The monoisotopic (exact) mass is 278 g/mol. The molecule has 1 fully saturated rings. The topological polar surface area (TPSA) is 72.1 Å². The van der Waals surface area contributed by atoms with Gasteiger partial charge in [-0.15, -0.1) is 11.3 Å². The minimum absolute atomic E-state index is 0.0119. The molecule has 2 aromatic rings. The van der Waals surface area contributed by atoms with E-state index in [1.54, 1.807) is 17.8 Å². The Morgan fingerprint density at radius 2 is 2.47 bits per heavy atom. The van der Waals surface area contributed by atoms with E-state index in [0.717, 1.165) is 19.4 Å². The molecular formula is C12H14N4O2S. The van der Waals surface area contributed by atoms with Crippen LogP contribution in [-0.2, 0) is 0 Å². The third kappa shape index (κ3) is 2.51. The lowest BCUT2D eigenvalue weighted by Gasteiger charge is -2.30. The molecule has 7 heteroatoms. The third-order valence-electron chi connectivity index (χ3n) is 3.25. The van der Waals surface area contributed by atoms with Crippen LogP contribution in [0.25, 0.3) is 0 Å². The molecular weight excluding hydrogens is 264 g/mol. The molecule has 6 nitrogen and oxygen atoms in total. The summed E-state index contributed by atoms with van der Waals surface area (Å²) in [5, 5.41) is 5.59. The molecule has 1 aliphatic rings. The number of piperidine rings is 1. The van der Waals surface area contributed by atoms with Gasteiger partial charge in [0.1, 0.15) is 5.69 Å². The highest BCUT2D eigenvalue weighted by atomic mass is 32.1. The molecule has 0 unspecified atom stereocenters. The summed E-state index contributed by atoms with van der Waals surface area (Å²) in [6.07, 6.45) is 1.92. The fourth-order valence-corrected chi connectivity index (χ4v) is 2.85. The number of aromatic nitrogens is 3. The Balaban J connectivity index is 1.73. The van der Waals surface area contributed by atoms with E-state index < -0.39 is 0 Å². The lowest BCUT2D eigenvalue weighted by molar-refractivity contribution is 0.0690. The molecule has 0 radical (unpaired) electrons. The first-order chi connectivity index (χ1) is 9.24. The average Bonchev–Trinajstić information content (AvgIpc) is 3.09. The summed E-state index contributed by atoms with van der Waals surface area (Å²) in [7, 11) is 0. The molecule has 0 saturated carbocycles. The number of amides is 1. The lowest BCUT2D eigenvalue weighted by Crippen LogP contribution is -2.39. The summed E-state index contributed by atoms with van der Waals surface area (Å²) in [5.74, 6) is 1.39. The molecule has 1 atom stereocenters. The van der Waals surface area contributed by atoms with E-state index in [1.165, 1.54) is 11.3 Å². The smallest absolute Gasteiger partial charge is 0.273 e. The van der Waals surface area contributed by atoms with Gasteiger partial charge in [-0.3, -0.25) is 4.79 Å². The van der Waals surface area contributed by atoms with Crippen molar-refractivity contribution in [3.8, 4) is 0 Å². The quantitative estimate of drug-likeness (QED) is 0.838. The van der Waals surface area contributed by atoms with Crippen LogP contribution in [0.15, 0.2) is 15.4 Å². The molecule has 100 valence electrons. The van der Waals surface area contributed by atoms with E-state index in [9.17, 15) is 4.79 Å². The van der Waals surface area contributed by atoms with Crippen LogP contribution in [0.4, 0.5) is 0 Å². The van der Waals surface area contributed by atoms with Gasteiger partial charge < -0.3 is 9.42 Å². The van der Waals surface area contributed by atoms with Crippen molar-refractivity contribution in [1.29, 1.82) is 0 Å². The van der Waals surface area contributed by atoms with Gasteiger partial charge >= 0.3 is 0 Å². The summed E-state index contributed by atoms with van der Waals surface area (Å²) >= 11 is 1.43. The van der Waals surface area contributed by atoms with Crippen molar-refractivity contribution in [3.63, 3.8) is 0 Å². The van der Waals surface area contributed by atoms with Crippen molar-refractivity contribution in [1.82, 2.24) is 20.0 Å². The van der Waals surface area contributed by atoms with Gasteiger partial charge in [-0.1, -0.05) is 5.16 Å². The van der Waals surface area contributed by atoms with Gasteiger partial charge in [0.2, 0.25) is 5.89 Å². The maximum Gasteiger partial charge on any atom is 0.273 e. The standard InChI is InChI=1S/C12H14N4O2S/c1-8-14-11(18-15-8)9-3-2-4-16(5-9)12(17)10-6-19-7-13-10/h6-7,9H,2-5H2,1H3/t9-/m1/s1. The second kappa shape index (κ2) is 5.08. The Morgan fingerprint density at radius 1 is 1.58 bits per heavy atom. The van der Waals surface area contributed by atoms with E-state index in [2.05, 4.69) is 15.1 Å². The second-order valence-electron chi connectivity index (χ2n) is 4.64. The summed E-state index contributed by atoms with van der Waals surface area (Å²) < 4.78 is 5.21. The van der Waals surface area contributed by atoms with Crippen LogP contribution >= 0.6 is 11.3 Å². The summed E-state index contributed by atoms with van der Waals surface area (Å²) in [6.45, 7) is 3.19. The Labute approximate surface area is 114 Å². The molecule has 3 rings (SSSR count). The predicted molar refractivity (Wildman–Crippen MR) is 69.0 cm³/mol. The van der Waals surface area contributed by atoms with Crippen LogP contribution in [0.1, 0.15) is 41.0 Å². The van der Waals surface area contributed by atoms with E-state index in [0.29, 0.717) is 24.0 Å². The number of thiazole rings is 1. The first-order valence-electron chi connectivity index (χ1n) is 6.21. The van der Waals surface area contributed by atoms with E-state index in [4.69, 9.17) is 4.52 Å². The van der Waals surface area contributed by atoms with Crippen molar-refractivity contribution in [2.75, 3.05) is 13.1 Å². The molecule has 3 heterocycles. The molecule has 0 aromatic carbocycles. The second-order valence-corrected chi connectivity index (χ2v) is 5.36. The molecule has 1 saturated heterocycles. The minimum Gasteiger partial charge on any atom is -0.339 e. The van der Waals surface area contributed by atoms with Gasteiger partial charge in [0.25, 0.3) is 5.91 Å².